The number of carbonyl (C=O) groups is 2. The normalized spacial score (nSPS) is 21.5. The van der Waals surface area contributed by atoms with Crippen LogP contribution in [-0.4, -0.2) is 62.6 Å². The van der Waals surface area contributed by atoms with Crippen molar-refractivity contribution in [2.45, 2.75) is 64.8 Å². The van der Waals surface area contributed by atoms with E-state index in [1.807, 2.05) is 26.8 Å². The molecule has 3 atom stereocenters. The van der Waals surface area contributed by atoms with Gasteiger partial charge in [0, 0.05) is 42.0 Å². The van der Waals surface area contributed by atoms with Crippen molar-refractivity contribution < 1.29 is 14.7 Å². The minimum absolute atomic E-state index is 0.160. The summed E-state index contributed by atoms with van der Waals surface area (Å²) < 4.78 is 0. The fourth-order valence-corrected chi connectivity index (χ4v) is 5.13. The van der Waals surface area contributed by atoms with E-state index < -0.39 is 5.60 Å². The largest absolute Gasteiger partial charge is 0.402 e. The van der Waals surface area contributed by atoms with Crippen LogP contribution in [-0.2, 0) is 10.4 Å². The smallest absolute Gasteiger partial charge is 0.273 e. The highest BCUT2D eigenvalue weighted by molar-refractivity contribution is 6.46. The van der Waals surface area contributed by atoms with Crippen molar-refractivity contribution >= 4 is 40.7 Å². The van der Waals surface area contributed by atoms with E-state index in [4.69, 9.17) is 28.9 Å². The Labute approximate surface area is 233 Å². The molecule has 0 spiro atoms. The predicted molar refractivity (Wildman–Crippen MR) is 149 cm³/mol. The van der Waals surface area contributed by atoms with E-state index in [-0.39, 0.29) is 42.2 Å². The van der Waals surface area contributed by atoms with Gasteiger partial charge in [-0.15, -0.1) is 0 Å². The molecular weight excluding hydrogens is 525 g/mol. The van der Waals surface area contributed by atoms with Crippen molar-refractivity contribution in [1.29, 1.82) is 0 Å². The molecule has 4 rings (SSSR count). The maximum atomic E-state index is 13.8. The molecule has 0 radical (unpaired) electrons. The molecule has 3 heterocycles. The monoisotopic (exact) mass is 557 g/mol. The van der Waals surface area contributed by atoms with Crippen LogP contribution in [0.5, 0.6) is 0 Å². The molecule has 0 fully saturated rings. The van der Waals surface area contributed by atoms with E-state index in [2.05, 4.69) is 9.98 Å². The van der Waals surface area contributed by atoms with Crippen LogP contribution in [0, 0.1) is 0 Å². The molecule has 1 unspecified atom stereocenters. The van der Waals surface area contributed by atoms with Crippen molar-refractivity contribution in [2.75, 3.05) is 13.1 Å². The molecule has 0 saturated heterocycles. The molecule has 2 aromatic rings. The summed E-state index contributed by atoms with van der Waals surface area (Å²) in [6, 6.07) is 7.81. The molecule has 202 valence electrons. The SMILES string of the molecule is CC(c1ccc(C(C)(C)O)nc1)N1C[C@@H](C)N=C(C2=C(N)C[C@@H](C)N(C(=O)c3ccc(Cl)c(Cl)c3)C2)C1=O. The van der Waals surface area contributed by atoms with E-state index in [0.717, 1.165) is 5.56 Å². The summed E-state index contributed by atoms with van der Waals surface area (Å²) in [5, 5.41) is 10.9. The zero-order valence-corrected chi connectivity index (χ0v) is 23.7. The van der Waals surface area contributed by atoms with Gasteiger partial charge in [0.15, 0.2) is 0 Å². The Hall–Kier alpha value is -2.94. The number of aliphatic hydroxyl groups is 1. The molecule has 2 aliphatic heterocycles. The van der Waals surface area contributed by atoms with Crippen LogP contribution in [0.3, 0.4) is 0 Å². The number of carbonyl (C=O) groups excluding carboxylic acids is 2. The van der Waals surface area contributed by atoms with Crippen molar-refractivity contribution in [3.8, 4) is 0 Å². The quantitative estimate of drug-likeness (QED) is 0.562. The molecule has 8 nitrogen and oxygen atoms in total. The maximum absolute atomic E-state index is 13.8. The van der Waals surface area contributed by atoms with Gasteiger partial charge in [-0.2, -0.15) is 0 Å². The van der Waals surface area contributed by atoms with Crippen molar-refractivity contribution in [2.24, 2.45) is 10.7 Å². The number of aliphatic imine (C=N–C) groups is 1. The number of nitrogens with zero attached hydrogens (tertiary/aromatic N) is 4. The fourth-order valence-electron chi connectivity index (χ4n) is 4.83. The van der Waals surface area contributed by atoms with Gasteiger partial charge >= 0.3 is 0 Å². The van der Waals surface area contributed by atoms with Crippen molar-refractivity contribution in [3.63, 3.8) is 0 Å². The summed E-state index contributed by atoms with van der Waals surface area (Å²) in [5.41, 5.74) is 8.62. The molecule has 0 bridgehead atoms. The number of hydrogen-bond acceptors (Lipinski definition) is 6. The topological polar surface area (TPSA) is 112 Å². The lowest BCUT2D eigenvalue weighted by Gasteiger charge is -2.39. The number of pyridine rings is 1. The lowest BCUT2D eigenvalue weighted by molar-refractivity contribution is -0.127. The molecule has 10 heteroatoms. The molecule has 2 aliphatic rings. The zero-order valence-electron chi connectivity index (χ0n) is 22.2. The van der Waals surface area contributed by atoms with E-state index in [1.54, 1.807) is 54.1 Å². The number of halogens is 2. The lowest BCUT2D eigenvalue weighted by atomic mass is 9.93. The highest BCUT2D eigenvalue weighted by Crippen LogP contribution is 2.30. The number of hydrogen-bond donors (Lipinski definition) is 2. The van der Waals surface area contributed by atoms with Gasteiger partial charge < -0.3 is 20.6 Å². The molecule has 1 aromatic heterocycles. The maximum Gasteiger partial charge on any atom is 0.273 e. The molecule has 3 N–H and O–H groups in total. The molecule has 0 aliphatic carbocycles. The van der Waals surface area contributed by atoms with Gasteiger partial charge in [0.2, 0.25) is 0 Å². The van der Waals surface area contributed by atoms with E-state index >= 15 is 0 Å². The molecular formula is C28H33Cl2N5O3. The van der Waals surface area contributed by atoms with Gasteiger partial charge in [-0.3, -0.25) is 19.6 Å². The van der Waals surface area contributed by atoms with Gasteiger partial charge in [0.1, 0.15) is 11.3 Å². The first-order valence-corrected chi connectivity index (χ1v) is 13.3. The minimum atomic E-state index is -1.06. The minimum Gasteiger partial charge on any atom is -0.402 e. The van der Waals surface area contributed by atoms with Crippen molar-refractivity contribution in [3.05, 3.63) is 74.7 Å². The summed E-state index contributed by atoms with van der Waals surface area (Å²) in [4.78, 5) is 39.7. The second-order valence-corrected chi connectivity index (χ2v) is 11.4. The van der Waals surface area contributed by atoms with E-state index in [9.17, 15) is 14.7 Å². The van der Waals surface area contributed by atoms with Crippen LogP contribution in [0.2, 0.25) is 10.0 Å². The second-order valence-electron chi connectivity index (χ2n) is 10.6. The second kappa shape index (κ2) is 10.7. The highest BCUT2D eigenvalue weighted by atomic mass is 35.5. The van der Waals surface area contributed by atoms with Crippen LogP contribution in [0.25, 0.3) is 0 Å². The molecule has 1 aromatic carbocycles. The van der Waals surface area contributed by atoms with Crippen LogP contribution in [0.15, 0.2) is 52.8 Å². The Morgan fingerprint density at radius 1 is 1.18 bits per heavy atom. The van der Waals surface area contributed by atoms with Gasteiger partial charge in [-0.1, -0.05) is 29.3 Å². The predicted octanol–water partition coefficient (Wildman–Crippen LogP) is 4.50. The summed E-state index contributed by atoms with van der Waals surface area (Å²) in [5.74, 6) is -0.460. The summed E-state index contributed by atoms with van der Waals surface area (Å²) in [6.07, 6.45) is 2.11. The Morgan fingerprint density at radius 2 is 1.89 bits per heavy atom. The summed E-state index contributed by atoms with van der Waals surface area (Å²) >= 11 is 12.2. The number of benzene rings is 1. The number of rotatable bonds is 5. The first-order chi connectivity index (χ1) is 17.8. The van der Waals surface area contributed by atoms with E-state index in [0.29, 0.717) is 45.5 Å². The van der Waals surface area contributed by atoms with Crippen LogP contribution in [0.1, 0.15) is 68.7 Å². The lowest BCUT2D eigenvalue weighted by Crippen LogP contribution is -2.51. The van der Waals surface area contributed by atoms with Gasteiger partial charge in [-0.25, -0.2) is 0 Å². The summed E-state index contributed by atoms with van der Waals surface area (Å²) in [7, 11) is 0. The molecule has 2 amide bonds. The number of amides is 2. The molecule has 0 saturated carbocycles. The van der Waals surface area contributed by atoms with Crippen LogP contribution >= 0.6 is 23.2 Å². The first-order valence-electron chi connectivity index (χ1n) is 12.6. The van der Waals surface area contributed by atoms with E-state index in [1.165, 1.54) is 0 Å². The Bertz CT molecular complexity index is 1320. The Morgan fingerprint density at radius 3 is 2.50 bits per heavy atom. The van der Waals surface area contributed by atoms with Crippen LogP contribution < -0.4 is 5.73 Å². The third-order valence-corrected chi connectivity index (χ3v) is 7.85. The first kappa shape index (κ1) is 28.1. The number of aromatic nitrogens is 1. The fraction of sp³-hybridized carbons (Fsp3) is 0.429. The Kier molecular flexibility index (Phi) is 7.89. The average molecular weight is 559 g/mol. The standard InChI is InChI=1S/C28H33Cl2N5O3/c1-15-13-35(17(3)19-7-9-24(32-12-19)28(4,5)38)27(37)25(33-15)20-14-34(16(2)10-23(20)31)26(36)18-6-8-21(29)22(30)11-18/h6-9,11-12,15-17,38H,10,13-14,31H2,1-5H3/t15-,16-,17?/m1/s1. The van der Waals surface area contributed by atoms with Gasteiger partial charge in [-0.05, 0) is 64.4 Å². The Balaban J connectivity index is 1.60. The van der Waals surface area contributed by atoms with Gasteiger partial charge in [0.05, 0.1) is 34.4 Å². The van der Waals surface area contributed by atoms with Crippen molar-refractivity contribution in [1.82, 2.24) is 14.8 Å². The number of nitrogens with two attached hydrogens (primary N) is 1. The summed E-state index contributed by atoms with van der Waals surface area (Å²) in [6.45, 7) is 9.76. The molecule has 38 heavy (non-hydrogen) atoms. The van der Waals surface area contributed by atoms with Gasteiger partial charge in [0.25, 0.3) is 11.8 Å². The van der Waals surface area contributed by atoms with Crippen LogP contribution in [0.4, 0.5) is 0 Å². The average Bonchev–Trinajstić information content (AvgIpc) is 2.86. The highest BCUT2D eigenvalue weighted by Gasteiger charge is 2.38. The third-order valence-electron chi connectivity index (χ3n) is 7.11. The third kappa shape index (κ3) is 5.58. The zero-order chi connectivity index (χ0) is 27.9.